The highest BCUT2D eigenvalue weighted by molar-refractivity contribution is 7.90. The van der Waals surface area contributed by atoms with Crippen LogP contribution in [-0.4, -0.2) is 48.7 Å². The van der Waals surface area contributed by atoms with Gasteiger partial charge < -0.3 is 10.2 Å². The van der Waals surface area contributed by atoms with Gasteiger partial charge in [0.25, 0.3) is 0 Å². The van der Waals surface area contributed by atoms with Crippen LogP contribution >= 0.6 is 0 Å². The first-order valence-electron chi connectivity index (χ1n) is 11.2. The lowest BCUT2D eigenvalue weighted by Crippen LogP contribution is -2.50. The molecule has 13 heteroatoms. The van der Waals surface area contributed by atoms with Crippen LogP contribution in [0.1, 0.15) is 29.5 Å². The van der Waals surface area contributed by atoms with E-state index in [4.69, 9.17) is 0 Å². The lowest BCUT2D eigenvalue weighted by atomic mass is 9.94. The normalized spacial score (nSPS) is 19.6. The highest BCUT2D eigenvalue weighted by Gasteiger charge is 2.51. The molecule has 0 radical (unpaired) electrons. The van der Waals surface area contributed by atoms with Gasteiger partial charge >= 0.3 is 21.7 Å². The van der Waals surface area contributed by atoms with Crippen LogP contribution in [0.2, 0.25) is 0 Å². The molecule has 4 rings (SSSR count). The van der Waals surface area contributed by atoms with Gasteiger partial charge in [-0.05, 0) is 60.7 Å². The summed E-state index contributed by atoms with van der Waals surface area (Å²) in [6.45, 7) is -0.327. The van der Waals surface area contributed by atoms with Crippen molar-refractivity contribution in [2.75, 3.05) is 25.0 Å². The van der Waals surface area contributed by atoms with Crippen molar-refractivity contribution < 1.29 is 39.6 Å². The molecular formula is C23H23F6N3O3S. The lowest BCUT2D eigenvalue weighted by Gasteiger charge is -2.36. The van der Waals surface area contributed by atoms with Crippen molar-refractivity contribution in [3.63, 3.8) is 0 Å². The van der Waals surface area contributed by atoms with Crippen molar-refractivity contribution in [3.05, 3.63) is 59.2 Å². The van der Waals surface area contributed by atoms with Gasteiger partial charge in [0, 0.05) is 37.6 Å². The number of carbonyl (C=O) groups is 1. The fourth-order valence-corrected chi connectivity index (χ4v) is 5.62. The summed E-state index contributed by atoms with van der Waals surface area (Å²) in [4.78, 5) is 14.6. The Balaban J connectivity index is 1.45. The second kappa shape index (κ2) is 9.58. The zero-order valence-electron chi connectivity index (χ0n) is 18.9. The number of hydrogen-bond acceptors (Lipinski definition) is 4. The number of anilines is 2. The molecule has 196 valence electrons. The van der Waals surface area contributed by atoms with E-state index in [1.165, 1.54) is 17.0 Å². The fraction of sp³-hybridized carbons (Fsp3) is 0.435. The first-order chi connectivity index (χ1) is 16.8. The summed E-state index contributed by atoms with van der Waals surface area (Å²) in [5.74, 6) is -1.27. The Morgan fingerprint density at radius 1 is 0.972 bits per heavy atom. The van der Waals surface area contributed by atoms with Gasteiger partial charge in [-0.1, -0.05) is 12.1 Å². The third-order valence-electron chi connectivity index (χ3n) is 6.43. The summed E-state index contributed by atoms with van der Waals surface area (Å²) in [7, 11) is -5.50. The van der Waals surface area contributed by atoms with E-state index in [0.29, 0.717) is 28.5 Å². The molecule has 0 aliphatic carbocycles. The predicted molar refractivity (Wildman–Crippen MR) is 120 cm³/mol. The first kappa shape index (κ1) is 26.3. The van der Waals surface area contributed by atoms with E-state index >= 15 is 0 Å². The molecule has 2 aromatic rings. The minimum atomic E-state index is -5.50. The maximum Gasteiger partial charge on any atom is 0.511 e. The molecule has 2 heterocycles. The molecule has 1 amide bonds. The van der Waals surface area contributed by atoms with Gasteiger partial charge in [-0.25, -0.2) is 8.42 Å². The molecule has 2 aliphatic rings. The van der Waals surface area contributed by atoms with Crippen LogP contribution in [-0.2, 0) is 34.0 Å². The van der Waals surface area contributed by atoms with Gasteiger partial charge in [-0.15, -0.1) is 0 Å². The number of alkyl halides is 6. The molecule has 0 aromatic heterocycles. The van der Waals surface area contributed by atoms with Crippen molar-refractivity contribution in [2.24, 2.45) is 5.92 Å². The Morgan fingerprint density at radius 2 is 1.67 bits per heavy atom. The zero-order chi connectivity index (χ0) is 26.3. The highest BCUT2D eigenvalue weighted by Crippen LogP contribution is 2.34. The number of hydrogen-bond donors (Lipinski definition) is 1. The highest BCUT2D eigenvalue weighted by atomic mass is 32.2. The van der Waals surface area contributed by atoms with E-state index < -0.39 is 45.6 Å². The smallest absolute Gasteiger partial charge is 0.355 e. The predicted octanol–water partition coefficient (Wildman–Crippen LogP) is 4.90. The van der Waals surface area contributed by atoms with E-state index in [-0.39, 0.29) is 26.1 Å². The van der Waals surface area contributed by atoms with Gasteiger partial charge in [0.15, 0.2) is 0 Å². The van der Waals surface area contributed by atoms with Crippen LogP contribution < -0.4 is 5.32 Å². The quantitative estimate of drug-likeness (QED) is 0.566. The number of halogens is 6. The van der Waals surface area contributed by atoms with Gasteiger partial charge in [0.2, 0.25) is 5.91 Å². The SMILES string of the molecule is O=C(C1CCCN(S(=O)(=O)C(F)(F)F)C1)N1CCc2c(cccc2Nc2ccc(C(F)(F)F)cc2)C1. The average Bonchev–Trinajstić information content (AvgIpc) is 2.82. The number of carbonyl (C=O) groups excluding carboxylic acids is 1. The van der Waals surface area contributed by atoms with E-state index in [9.17, 15) is 39.6 Å². The van der Waals surface area contributed by atoms with E-state index in [1.54, 1.807) is 18.2 Å². The maximum absolute atomic E-state index is 13.1. The summed E-state index contributed by atoms with van der Waals surface area (Å²) >= 11 is 0. The van der Waals surface area contributed by atoms with Crippen molar-refractivity contribution in [3.8, 4) is 0 Å². The van der Waals surface area contributed by atoms with Crippen LogP contribution in [0.5, 0.6) is 0 Å². The average molecular weight is 536 g/mol. The molecule has 2 aliphatic heterocycles. The van der Waals surface area contributed by atoms with E-state index in [2.05, 4.69) is 5.32 Å². The van der Waals surface area contributed by atoms with Gasteiger partial charge in [0.1, 0.15) is 0 Å². The maximum atomic E-state index is 13.1. The molecule has 2 aromatic carbocycles. The number of sulfonamides is 1. The van der Waals surface area contributed by atoms with Crippen LogP contribution in [0.3, 0.4) is 0 Å². The molecule has 0 spiro atoms. The Hall–Kier alpha value is -2.80. The third kappa shape index (κ3) is 5.31. The number of rotatable bonds is 4. The van der Waals surface area contributed by atoms with Crippen LogP contribution in [0.25, 0.3) is 0 Å². The van der Waals surface area contributed by atoms with Crippen molar-refractivity contribution in [1.82, 2.24) is 9.21 Å². The number of piperidine rings is 1. The summed E-state index contributed by atoms with van der Waals surface area (Å²) in [6, 6.07) is 9.91. The lowest BCUT2D eigenvalue weighted by molar-refractivity contribution is -0.138. The van der Waals surface area contributed by atoms with Crippen molar-refractivity contribution in [1.29, 1.82) is 0 Å². The molecule has 1 fully saturated rings. The standard InChI is InChI=1S/C23H23F6N3O3S/c24-22(25,26)17-6-8-18(9-7-17)30-20-5-1-3-15-13-31(12-10-19(15)20)21(33)16-4-2-11-32(14-16)36(34,35)23(27,28)29/h1,3,5-9,16,30H,2,4,10-14H2. The van der Waals surface area contributed by atoms with Crippen molar-refractivity contribution in [2.45, 2.75) is 37.5 Å². The van der Waals surface area contributed by atoms with Crippen LogP contribution in [0, 0.1) is 5.92 Å². The van der Waals surface area contributed by atoms with E-state index in [0.717, 1.165) is 23.3 Å². The molecular weight excluding hydrogens is 512 g/mol. The summed E-state index contributed by atoms with van der Waals surface area (Å²) in [5, 5.41) is 3.10. The molecule has 1 saturated heterocycles. The minimum Gasteiger partial charge on any atom is -0.355 e. The van der Waals surface area contributed by atoms with Crippen LogP contribution in [0.4, 0.5) is 37.7 Å². The molecule has 1 atom stereocenters. The Labute approximate surface area is 203 Å². The summed E-state index contributed by atoms with van der Waals surface area (Å²) in [6.07, 6.45) is -3.58. The number of nitrogens with zero attached hydrogens (tertiary/aromatic N) is 2. The molecule has 0 bridgehead atoms. The van der Waals surface area contributed by atoms with Crippen LogP contribution in [0.15, 0.2) is 42.5 Å². The second-order valence-electron chi connectivity index (χ2n) is 8.80. The number of fused-ring (bicyclic) bond motifs is 1. The summed E-state index contributed by atoms with van der Waals surface area (Å²) < 4.78 is 101. The minimum absolute atomic E-state index is 0.150. The molecule has 1 unspecified atom stereocenters. The molecule has 0 saturated carbocycles. The van der Waals surface area contributed by atoms with Crippen molar-refractivity contribution >= 4 is 27.3 Å². The molecule has 36 heavy (non-hydrogen) atoms. The number of benzene rings is 2. The Bertz CT molecular complexity index is 1230. The molecule has 1 N–H and O–H groups in total. The van der Waals surface area contributed by atoms with E-state index in [1.807, 2.05) is 0 Å². The van der Waals surface area contributed by atoms with Gasteiger partial charge in [0.05, 0.1) is 11.5 Å². The summed E-state index contributed by atoms with van der Waals surface area (Å²) in [5.41, 5.74) is -3.36. The topological polar surface area (TPSA) is 69.7 Å². The van der Waals surface area contributed by atoms with Gasteiger partial charge in [-0.2, -0.15) is 30.6 Å². The number of amides is 1. The Kier molecular flexibility index (Phi) is 6.99. The third-order valence-corrected chi connectivity index (χ3v) is 8.03. The second-order valence-corrected chi connectivity index (χ2v) is 10.7. The Morgan fingerprint density at radius 3 is 2.31 bits per heavy atom. The van der Waals surface area contributed by atoms with Gasteiger partial charge in [-0.3, -0.25) is 4.79 Å². The molecule has 6 nitrogen and oxygen atoms in total. The zero-order valence-corrected chi connectivity index (χ0v) is 19.7. The fourth-order valence-electron chi connectivity index (χ4n) is 4.58. The monoisotopic (exact) mass is 535 g/mol. The largest absolute Gasteiger partial charge is 0.511 e. The number of nitrogens with one attached hydrogen (secondary N) is 1. The first-order valence-corrected chi connectivity index (χ1v) is 12.6.